The first kappa shape index (κ1) is 8.67. The summed E-state index contributed by atoms with van der Waals surface area (Å²) in [5, 5.41) is 1.23. The van der Waals surface area contributed by atoms with Crippen LogP contribution in [0.25, 0.3) is 0 Å². The van der Waals surface area contributed by atoms with Gasteiger partial charge in [0.25, 0.3) is 0 Å². The largest absolute Gasteiger partial charge is 0.0745 e. The zero-order valence-corrected chi connectivity index (χ0v) is 8.50. The Morgan fingerprint density at radius 3 is 2.20 bits per heavy atom. The van der Waals surface area contributed by atoms with Crippen LogP contribution >= 0.6 is 38.1 Å². The summed E-state index contributed by atoms with van der Waals surface area (Å²) < 4.78 is 0. The maximum Gasteiger partial charge on any atom is -0.0163 e. The molecule has 4 heteroatoms. The summed E-state index contributed by atoms with van der Waals surface area (Å²) in [6.45, 7) is 0. The average molecular weight is 213 g/mol. The molecular formula is C6H7Cl2PS. The number of benzene rings is 1. The Morgan fingerprint density at radius 2 is 1.70 bits per heavy atom. The first-order valence-electron chi connectivity index (χ1n) is 2.72. The number of hydrogen-bond acceptors (Lipinski definition) is 0. The van der Waals surface area contributed by atoms with Crippen molar-refractivity contribution in [1.82, 2.24) is 0 Å². The fraction of sp³-hybridized carbons (Fsp3) is 0. The Balaban J connectivity index is 2.59. The van der Waals surface area contributed by atoms with Crippen LogP contribution in [-0.4, -0.2) is 0 Å². The zero-order valence-electron chi connectivity index (χ0n) is 5.09. The van der Waals surface area contributed by atoms with Crippen molar-refractivity contribution in [2.75, 3.05) is 0 Å². The molecule has 1 unspecified atom stereocenters. The molecule has 0 radical (unpaired) electrons. The molecule has 0 saturated carbocycles. The fourth-order valence-corrected chi connectivity index (χ4v) is 3.94. The number of halogens is 2. The van der Waals surface area contributed by atoms with Crippen molar-refractivity contribution in [2.24, 2.45) is 0 Å². The molecule has 0 amide bonds. The molecule has 0 bridgehead atoms. The van der Waals surface area contributed by atoms with Gasteiger partial charge in [-0.1, -0.05) is 39.3 Å². The summed E-state index contributed by atoms with van der Waals surface area (Å²) in [7, 11) is 11.1. The second-order valence-electron chi connectivity index (χ2n) is 1.71. The van der Waals surface area contributed by atoms with Gasteiger partial charge >= 0.3 is 0 Å². The van der Waals surface area contributed by atoms with Crippen molar-refractivity contribution < 1.29 is 0 Å². The molecule has 0 heterocycles. The van der Waals surface area contributed by atoms with Crippen molar-refractivity contribution in [1.29, 1.82) is 0 Å². The Morgan fingerprint density at radius 1 is 1.10 bits per heavy atom. The highest BCUT2D eigenvalue weighted by atomic mass is 36.0. The van der Waals surface area contributed by atoms with Gasteiger partial charge in [0, 0.05) is 0 Å². The predicted octanol–water partition coefficient (Wildman–Crippen LogP) is 3.21. The molecule has 10 heavy (non-hydrogen) atoms. The van der Waals surface area contributed by atoms with E-state index in [2.05, 4.69) is 0 Å². The third-order valence-electron chi connectivity index (χ3n) is 0.987. The Labute approximate surface area is 73.8 Å². The van der Waals surface area contributed by atoms with Crippen molar-refractivity contribution in [3.05, 3.63) is 30.3 Å². The van der Waals surface area contributed by atoms with Crippen LogP contribution in [0.15, 0.2) is 30.3 Å². The highest BCUT2D eigenvalue weighted by Gasteiger charge is 1.94. The maximum atomic E-state index is 5.65. The molecule has 0 fully saturated rings. The highest BCUT2D eigenvalue weighted by molar-refractivity contribution is 8.85. The molecule has 0 N–H and O–H groups in total. The van der Waals surface area contributed by atoms with E-state index in [1.54, 1.807) is 0 Å². The van der Waals surface area contributed by atoms with Gasteiger partial charge in [-0.2, -0.15) is 0 Å². The lowest BCUT2D eigenvalue weighted by atomic mass is 10.4. The molecule has 1 rings (SSSR count). The molecule has 0 nitrogen and oxygen atoms in total. The lowest BCUT2D eigenvalue weighted by Gasteiger charge is -2.02. The van der Waals surface area contributed by atoms with Crippen LogP contribution in [0.1, 0.15) is 0 Å². The molecule has 0 spiro atoms. The van der Waals surface area contributed by atoms with Gasteiger partial charge in [0.05, 0.1) is 0 Å². The van der Waals surface area contributed by atoms with Crippen molar-refractivity contribution in [2.45, 2.75) is 0 Å². The average Bonchev–Trinajstić information content (AvgIpc) is 1.88. The summed E-state index contributed by atoms with van der Waals surface area (Å²) in [6, 6.07) is 10.1. The smallest absolute Gasteiger partial charge is 0.0163 e. The molecule has 0 saturated heterocycles. The second-order valence-corrected chi connectivity index (χ2v) is 9.24. The van der Waals surface area contributed by atoms with E-state index in [9.17, 15) is 0 Å². The van der Waals surface area contributed by atoms with E-state index in [4.69, 9.17) is 21.4 Å². The van der Waals surface area contributed by atoms with Crippen LogP contribution in [0.3, 0.4) is 0 Å². The minimum atomic E-state index is -0.805. The number of thiol groups is 1. The number of rotatable bonds is 2. The standard InChI is InChI=1S/C6H7Cl2PS/c7-10(8)9-6-4-2-1-3-5-6/h1-5,9-10H. The summed E-state index contributed by atoms with van der Waals surface area (Å²) in [5.41, 5.74) is 0. The van der Waals surface area contributed by atoms with Gasteiger partial charge in [0.1, 0.15) is 0 Å². The quantitative estimate of drug-likeness (QED) is 0.565. The predicted molar refractivity (Wildman–Crippen MR) is 55.1 cm³/mol. The minimum Gasteiger partial charge on any atom is -0.0745 e. The van der Waals surface area contributed by atoms with Gasteiger partial charge in [0.2, 0.25) is 0 Å². The molecular weight excluding hydrogens is 206 g/mol. The molecule has 0 aliphatic heterocycles. The fourth-order valence-electron chi connectivity index (χ4n) is 0.610. The van der Waals surface area contributed by atoms with E-state index < -0.39 is 8.94 Å². The normalized spacial score (nSPS) is 12.4. The van der Waals surface area contributed by atoms with E-state index in [1.807, 2.05) is 30.3 Å². The SMILES string of the molecule is Cl[SH](Cl)Pc1ccccc1. The summed E-state index contributed by atoms with van der Waals surface area (Å²) in [5.74, 6) is 0. The molecule has 0 aliphatic rings. The van der Waals surface area contributed by atoms with E-state index >= 15 is 0 Å². The topological polar surface area (TPSA) is 0 Å². The number of hydrogen-bond donors (Lipinski definition) is 1. The molecule has 56 valence electrons. The van der Waals surface area contributed by atoms with Crippen molar-refractivity contribution >= 4 is 43.4 Å². The molecule has 0 aliphatic carbocycles. The summed E-state index contributed by atoms with van der Waals surface area (Å²) in [4.78, 5) is 0. The van der Waals surface area contributed by atoms with Gasteiger partial charge in [-0.15, -0.1) is 0 Å². The first-order valence-corrected chi connectivity index (χ1v) is 7.72. The molecule has 1 aromatic rings. The molecule has 1 aromatic carbocycles. The van der Waals surface area contributed by atoms with Gasteiger partial charge in [-0.05, 0) is 34.5 Å². The third kappa shape index (κ3) is 3.12. The Hall–Kier alpha value is 0.580. The van der Waals surface area contributed by atoms with E-state index in [1.165, 1.54) is 5.30 Å². The van der Waals surface area contributed by atoms with Gasteiger partial charge in [-0.25, -0.2) is 0 Å². The Bertz CT molecular complexity index is 190. The van der Waals surface area contributed by atoms with Crippen LogP contribution < -0.4 is 5.30 Å². The summed E-state index contributed by atoms with van der Waals surface area (Å²) in [6.07, 6.45) is 0. The van der Waals surface area contributed by atoms with Crippen LogP contribution in [0.5, 0.6) is 0 Å². The van der Waals surface area contributed by atoms with Crippen molar-refractivity contribution in [3.63, 3.8) is 0 Å². The second kappa shape index (κ2) is 4.46. The molecule has 1 atom stereocenters. The van der Waals surface area contributed by atoms with E-state index in [-0.39, 0.29) is 0 Å². The van der Waals surface area contributed by atoms with Crippen LogP contribution in [0.4, 0.5) is 0 Å². The maximum absolute atomic E-state index is 5.65. The first-order chi connectivity index (χ1) is 4.79. The summed E-state index contributed by atoms with van der Waals surface area (Å²) >= 11 is 0. The van der Waals surface area contributed by atoms with Crippen LogP contribution in [0, 0.1) is 0 Å². The third-order valence-corrected chi connectivity index (χ3v) is 4.55. The van der Waals surface area contributed by atoms with Crippen molar-refractivity contribution in [3.8, 4) is 0 Å². The van der Waals surface area contributed by atoms with Crippen LogP contribution in [0.2, 0.25) is 0 Å². The van der Waals surface area contributed by atoms with E-state index in [0.29, 0.717) is 7.78 Å². The lowest BCUT2D eigenvalue weighted by Crippen LogP contribution is -1.87. The lowest BCUT2D eigenvalue weighted by molar-refractivity contribution is 1.78. The minimum absolute atomic E-state index is 0.557. The monoisotopic (exact) mass is 212 g/mol. The van der Waals surface area contributed by atoms with E-state index in [0.717, 1.165) is 0 Å². The van der Waals surface area contributed by atoms with Gasteiger partial charge in [0.15, 0.2) is 0 Å². The van der Waals surface area contributed by atoms with Gasteiger partial charge in [-0.3, -0.25) is 0 Å². The Kier molecular flexibility index (Phi) is 3.87. The van der Waals surface area contributed by atoms with Crippen LogP contribution in [-0.2, 0) is 0 Å². The van der Waals surface area contributed by atoms with Gasteiger partial charge < -0.3 is 0 Å². The highest BCUT2D eigenvalue weighted by Crippen LogP contribution is 2.53. The molecule has 0 aromatic heterocycles. The zero-order chi connectivity index (χ0) is 7.40.